The number of urea groups is 1. The summed E-state index contributed by atoms with van der Waals surface area (Å²) in [7, 11) is -1.35. The Kier molecular flexibility index (Phi) is 10.5. The minimum absolute atomic E-state index is 0.0684. The third-order valence-corrected chi connectivity index (χ3v) is 9.31. The van der Waals surface area contributed by atoms with Crippen LogP contribution in [-0.4, -0.2) is 61.0 Å². The second-order valence-corrected chi connectivity index (χ2v) is 18.7. The molecule has 3 amide bonds. The summed E-state index contributed by atoms with van der Waals surface area (Å²) in [4.78, 5) is 28.3. The van der Waals surface area contributed by atoms with Crippen molar-refractivity contribution in [3.05, 3.63) is 66.0 Å². The van der Waals surface area contributed by atoms with Crippen molar-refractivity contribution in [1.82, 2.24) is 14.9 Å². The van der Waals surface area contributed by atoms with Gasteiger partial charge in [-0.25, -0.2) is 18.6 Å². The molecule has 1 aliphatic rings. The first-order chi connectivity index (χ1) is 23.2. The van der Waals surface area contributed by atoms with Gasteiger partial charge in [-0.2, -0.15) is 5.26 Å². The van der Waals surface area contributed by atoms with Crippen LogP contribution in [-0.2, 0) is 21.0 Å². The molecule has 3 heterocycles. The molecule has 2 unspecified atom stereocenters. The number of carbonyl (C=O) groups excluding carboxylic acids is 2. The van der Waals surface area contributed by atoms with E-state index in [1.807, 2.05) is 13.8 Å². The molecule has 0 aliphatic carbocycles. The lowest BCUT2D eigenvalue weighted by atomic mass is 10.0. The first-order valence-electron chi connectivity index (χ1n) is 15.7. The minimum atomic E-state index is -1.35. The van der Waals surface area contributed by atoms with Crippen LogP contribution in [0.3, 0.4) is 0 Å². The van der Waals surface area contributed by atoms with Gasteiger partial charge >= 0.3 is 6.03 Å². The van der Waals surface area contributed by atoms with Gasteiger partial charge in [-0.05, 0) is 43.7 Å². The summed E-state index contributed by atoms with van der Waals surface area (Å²) in [6.07, 6.45) is 2.12. The number of halogens is 2. The van der Waals surface area contributed by atoms with Crippen molar-refractivity contribution in [1.29, 1.82) is 5.26 Å². The van der Waals surface area contributed by atoms with Crippen LogP contribution in [0.25, 0.3) is 22.2 Å². The molecule has 0 radical (unpaired) electrons. The number of benzene rings is 2. The number of primary amides is 1. The van der Waals surface area contributed by atoms with E-state index in [0.717, 1.165) is 18.2 Å². The van der Waals surface area contributed by atoms with E-state index in [0.29, 0.717) is 40.1 Å². The fourth-order valence-corrected chi connectivity index (χ4v) is 5.89. The maximum absolute atomic E-state index is 15.4. The first kappa shape index (κ1) is 35.3. The van der Waals surface area contributed by atoms with E-state index in [2.05, 4.69) is 41.3 Å². The van der Waals surface area contributed by atoms with Gasteiger partial charge < -0.3 is 39.9 Å². The number of hydrogen-bond donors (Lipinski definition) is 3. The van der Waals surface area contributed by atoms with Crippen molar-refractivity contribution in [3.8, 4) is 34.4 Å². The van der Waals surface area contributed by atoms with Gasteiger partial charge in [0.2, 0.25) is 5.91 Å². The van der Waals surface area contributed by atoms with Gasteiger partial charge in [0.25, 0.3) is 0 Å². The van der Waals surface area contributed by atoms with E-state index in [9.17, 15) is 14.9 Å². The highest BCUT2D eigenvalue weighted by Crippen LogP contribution is 2.41. The molecule has 1 fully saturated rings. The molecule has 1 aliphatic heterocycles. The lowest BCUT2D eigenvalue weighted by Gasteiger charge is -2.34. The average Bonchev–Trinajstić information content (AvgIpc) is 3.38. The first-order valence-corrected chi connectivity index (χ1v) is 19.4. The van der Waals surface area contributed by atoms with Crippen molar-refractivity contribution in [3.63, 3.8) is 0 Å². The molecule has 258 valence electrons. The van der Waals surface area contributed by atoms with Crippen LogP contribution in [0.15, 0.2) is 48.8 Å². The summed E-state index contributed by atoms with van der Waals surface area (Å²) in [6.45, 7) is 11.3. The molecule has 2 aromatic carbocycles. The van der Waals surface area contributed by atoms with Crippen molar-refractivity contribution in [2.24, 2.45) is 5.73 Å². The van der Waals surface area contributed by atoms with Crippen LogP contribution in [0, 0.1) is 23.0 Å². The smallest absolute Gasteiger partial charge is 0.319 e. The zero-order chi connectivity index (χ0) is 35.5. The molecule has 0 bridgehead atoms. The molecule has 5 rings (SSSR count). The van der Waals surface area contributed by atoms with E-state index in [1.54, 1.807) is 29.0 Å². The predicted octanol–water partition coefficient (Wildman–Crippen LogP) is 6.12. The highest BCUT2D eigenvalue weighted by Gasteiger charge is 2.37. The van der Waals surface area contributed by atoms with Gasteiger partial charge in [0.1, 0.15) is 29.9 Å². The van der Waals surface area contributed by atoms with Crippen LogP contribution in [0.5, 0.6) is 17.2 Å². The van der Waals surface area contributed by atoms with Gasteiger partial charge in [-0.3, -0.25) is 4.79 Å². The minimum Gasteiger partial charge on any atom is -0.490 e. The quantitative estimate of drug-likeness (QED) is 0.112. The van der Waals surface area contributed by atoms with Gasteiger partial charge in [0.15, 0.2) is 23.5 Å². The number of nitrogens with one attached hydrogen (secondary N) is 2. The fraction of sp³-hybridized carbons (Fsp3) is 0.353. The Bertz CT molecular complexity index is 1900. The molecule has 2 aromatic heterocycles. The Labute approximate surface area is 283 Å². The second-order valence-electron chi connectivity index (χ2n) is 13.1. The molecule has 4 N–H and O–H groups in total. The number of aromatic nitrogens is 2. The standard InChI is InChI=1S/C34H38F2N6O6Si/c1-19(2)47-27-7-6-20(12-21(27)15-37)23-16-42(18-45-10-11-49(3,4)5)33-29(23)28(8-9-39-33)48-30-24(35)13-22(14-25(30)36)40-34(44)41-26-17-46-31(26)32(38)43/h6-9,12-14,16,19,26,31H,10-11,17-18H2,1-5H3,(H2,38,43)(H2,40,41,44). The van der Waals surface area contributed by atoms with Crippen molar-refractivity contribution in [2.45, 2.75) is 64.5 Å². The molecule has 2 atom stereocenters. The lowest BCUT2D eigenvalue weighted by molar-refractivity contribution is -0.147. The van der Waals surface area contributed by atoms with Gasteiger partial charge in [0, 0.05) is 50.5 Å². The number of pyridine rings is 1. The number of nitrogens with zero attached hydrogens (tertiary/aromatic N) is 3. The summed E-state index contributed by atoms with van der Waals surface area (Å²) >= 11 is 0. The summed E-state index contributed by atoms with van der Waals surface area (Å²) in [5.74, 6) is -3.09. The highest BCUT2D eigenvalue weighted by molar-refractivity contribution is 6.76. The second kappa shape index (κ2) is 14.6. The van der Waals surface area contributed by atoms with E-state index in [1.165, 1.54) is 12.3 Å². The number of carbonyl (C=O) groups is 2. The topological polar surface area (TPSA) is 163 Å². The molecular formula is C34H38F2N6O6Si. The summed E-state index contributed by atoms with van der Waals surface area (Å²) < 4.78 is 55.4. The average molecular weight is 693 g/mol. The lowest BCUT2D eigenvalue weighted by Crippen LogP contribution is -2.61. The van der Waals surface area contributed by atoms with E-state index in [-0.39, 0.29) is 30.9 Å². The number of nitrogens with two attached hydrogens (primary N) is 1. The predicted molar refractivity (Wildman–Crippen MR) is 181 cm³/mol. The summed E-state index contributed by atoms with van der Waals surface area (Å²) in [5.41, 5.74) is 6.98. The molecule has 12 nitrogen and oxygen atoms in total. The Morgan fingerprint density at radius 3 is 2.51 bits per heavy atom. The van der Waals surface area contributed by atoms with Crippen LogP contribution >= 0.6 is 0 Å². The Morgan fingerprint density at radius 2 is 1.90 bits per heavy atom. The number of anilines is 1. The maximum atomic E-state index is 15.4. The Hall–Kier alpha value is -5.04. The van der Waals surface area contributed by atoms with Crippen molar-refractivity contribution >= 4 is 36.7 Å². The molecule has 0 saturated carbocycles. The van der Waals surface area contributed by atoms with E-state index >= 15 is 8.78 Å². The number of nitriles is 1. The maximum Gasteiger partial charge on any atom is 0.319 e. The van der Waals surface area contributed by atoms with Gasteiger partial charge in [-0.15, -0.1) is 0 Å². The van der Waals surface area contributed by atoms with Crippen LogP contribution in [0.1, 0.15) is 19.4 Å². The van der Waals surface area contributed by atoms with Gasteiger partial charge in [-0.1, -0.05) is 25.7 Å². The van der Waals surface area contributed by atoms with Crippen molar-refractivity contribution in [2.75, 3.05) is 18.5 Å². The normalized spacial score (nSPS) is 15.8. The van der Waals surface area contributed by atoms with Crippen molar-refractivity contribution < 1.29 is 37.3 Å². The zero-order valence-corrected chi connectivity index (χ0v) is 28.8. The highest BCUT2D eigenvalue weighted by atomic mass is 28.3. The van der Waals surface area contributed by atoms with E-state index < -0.39 is 49.5 Å². The van der Waals surface area contributed by atoms with Crippen LogP contribution < -0.4 is 25.8 Å². The number of amides is 3. The summed E-state index contributed by atoms with van der Waals surface area (Å²) in [5, 5.41) is 15.1. The Morgan fingerprint density at radius 1 is 1.16 bits per heavy atom. The number of ether oxygens (including phenoxy) is 4. The number of fused-ring (bicyclic) bond motifs is 1. The Balaban J connectivity index is 1.47. The SMILES string of the molecule is CC(C)Oc1ccc(-c2cn(COCC[Si](C)(C)C)c3nccc(Oc4c(F)cc(NC(=O)NC5COC5C(N)=O)cc4F)c23)cc1C#N. The zero-order valence-electron chi connectivity index (χ0n) is 27.8. The van der Waals surface area contributed by atoms with Crippen LogP contribution in [0.2, 0.25) is 25.7 Å². The fourth-order valence-electron chi connectivity index (χ4n) is 5.13. The molecular weight excluding hydrogens is 654 g/mol. The largest absolute Gasteiger partial charge is 0.490 e. The summed E-state index contributed by atoms with van der Waals surface area (Å²) in [6, 6.07) is 10.1. The molecule has 0 spiro atoms. The van der Waals surface area contributed by atoms with E-state index in [4.69, 9.17) is 24.7 Å². The number of rotatable bonds is 13. The molecule has 4 aromatic rings. The monoisotopic (exact) mass is 692 g/mol. The van der Waals surface area contributed by atoms with Gasteiger partial charge in [0.05, 0.1) is 29.7 Å². The molecule has 15 heteroatoms. The molecule has 49 heavy (non-hydrogen) atoms. The third-order valence-electron chi connectivity index (χ3n) is 7.61. The number of hydrogen-bond acceptors (Lipinski definition) is 8. The molecule has 1 saturated heterocycles. The third kappa shape index (κ3) is 8.34. The van der Waals surface area contributed by atoms with Crippen LogP contribution in [0.4, 0.5) is 19.3 Å².